The third-order valence-electron chi connectivity index (χ3n) is 3.50. The molecule has 3 N–H and O–H groups in total. The molecular formula is C15H19N3O5. The van der Waals surface area contributed by atoms with Gasteiger partial charge in [-0.15, -0.1) is 0 Å². The summed E-state index contributed by atoms with van der Waals surface area (Å²) in [4.78, 5) is 37.0. The Hall–Kier alpha value is -2.61. The van der Waals surface area contributed by atoms with Crippen LogP contribution in [-0.2, 0) is 9.59 Å². The van der Waals surface area contributed by atoms with E-state index in [9.17, 15) is 14.4 Å². The van der Waals surface area contributed by atoms with E-state index in [1.54, 1.807) is 38.1 Å². The highest BCUT2D eigenvalue weighted by molar-refractivity contribution is 6.07. The minimum Gasteiger partial charge on any atom is -0.491 e. The number of hydroxylamine groups is 1. The zero-order valence-corrected chi connectivity index (χ0v) is 12.9. The van der Waals surface area contributed by atoms with Crippen molar-refractivity contribution in [3.05, 3.63) is 30.3 Å². The van der Waals surface area contributed by atoms with Crippen molar-refractivity contribution in [2.75, 3.05) is 6.61 Å². The van der Waals surface area contributed by atoms with E-state index in [4.69, 9.17) is 9.94 Å². The Morgan fingerprint density at radius 1 is 1.35 bits per heavy atom. The summed E-state index contributed by atoms with van der Waals surface area (Å²) in [6.45, 7) is 3.30. The van der Waals surface area contributed by atoms with Gasteiger partial charge in [0.05, 0.1) is 0 Å². The van der Waals surface area contributed by atoms with Crippen LogP contribution in [0.5, 0.6) is 5.75 Å². The second kappa shape index (κ2) is 7.10. The first-order valence-corrected chi connectivity index (χ1v) is 7.21. The molecule has 1 heterocycles. The van der Waals surface area contributed by atoms with Gasteiger partial charge < -0.3 is 10.1 Å². The fourth-order valence-electron chi connectivity index (χ4n) is 2.41. The molecule has 2 rings (SSSR count). The van der Waals surface area contributed by atoms with Crippen molar-refractivity contribution in [3.8, 4) is 5.75 Å². The van der Waals surface area contributed by atoms with Crippen LogP contribution < -0.4 is 15.5 Å². The maximum atomic E-state index is 12.4. The minimum absolute atomic E-state index is 0.0450. The SMILES string of the molecule is CC(C)[C@H](C(=O)NO)N1C(=O)N[C@@H](COc2ccccc2)C1=O. The molecule has 8 nitrogen and oxygen atoms in total. The lowest BCUT2D eigenvalue weighted by Crippen LogP contribution is -2.52. The molecule has 0 aromatic heterocycles. The van der Waals surface area contributed by atoms with Crippen LogP contribution in [0.2, 0.25) is 0 Å². The van der Waals surface area contributed by atoms with Gasteiger partial charge in [0.1, 0.15) is 24.4 Å². The number of nitrogens with one attached hydrogen (secondary N) is 2. The van der Waals surface area contributed by atoms with Crippen LogP contribution in [0.4, 0.5) is 4.79 Å². The molecule has 8 heteroatoms. The number of para-hydroxylation sites is 1. The Morgan fingerprint density at radius 3 is 2.57 bits per heavy atom. The Bertz CT molecular complexity index is 590. The number of ether oxygens (including phenoxy) is 1. The van der Waals surface area contributed by atoms with Gasteiger partial charge in [-0.3, -0.25) is 14.8 Å². The number of rotatable bonds is 6. The molecular weight excluding hydrogens is 302 g/mol. The van der Waals surface area contributed by atoms with E-state index in [1.807, 2.05) is 6.07 Å². The Labute approximate surface area is 133 Å². The minimum atomic E-state index is -1.09. The van der Waals surface area contributed by atoms with Gasteiger partial charge in [0.25, 0.3) is 11.8 Å². The van der Waals surface area contributed by atoms with E-state index in [-0.39, 0.29) is 12.5 Å². The maximum Gasteiger partial charge on any atom is 0.325 e. The highest BCUT2D eigenvalue weighted by atomic mass is 16.5. The van der Waals surface area contributed by atoms with Crippen LogP contribution in [0.3, 0.4) is 0 Å². The highest BCUT2D eigenvalue weighted by Gasteiger charge is 2.46. The standard InChI is InChI=1S/C15H19N3O5/c1-9(2)12(13(19)17-22)18-14(20)11(16-15(18)21)8-23-10-6-4-3-5-7-10/h3-7,9,11-12,22H,8H2,1-2H3,(H,16,21)(H,17,19)/t11-,12+/m0/s1. The second-order valence-electron chi connectivity index (χ2n) is 5.50. The van der Waals surface area contributed by atoms with Crippen LogP contribution >= 0.6 is 0 Å². The number of carbonyl (C=O) groups excluding carboxylic acids is 3. The van der Waals surface area contributed by atoms with E-state index in [0.717, 1.165) is 4.90 Å². The summed E-state index contributed by atoms with van der Waals surface area (Å²) in [5, 5.41) is 11.3. The molecule has 0 spiro atoms. The molecule has 1 aliphatic rings. The fraction of sp³-hybridized carbons (Fsp3) is 0.400. The molecule has 2 atom stereocenters. The molecule has 23 heavy (non-hydrogen) atoms. The molecule has 1 aromatic rings. The third kappa shape index (κ3) is 3.59. The van der Waals surface area contributed by atoms with Crippen LogP contribution in [0, 0.1) is 5.92 Å². The predicted molar refractivity (Wildman–Crippen MR) is 79.7 cm³/mol. The molecule has 4 amide bonds. The monoisotopic (exact) mass is 321 g/mol. The van der Waals surface area contributed by atoms with Crippen molar-refractivity contribution < 1.29 is 24.3 Å². The smallest absolute Gasteiger partial charge is 0.325 e. The number of imide groups is 1. The number of amides is 4. The van der Waals surface area contributed by atoms with Crippen molar-refractivity contribution in [2.45, 2.75) is 25.9 Å². The maximum absolute atomic E-state index is 12.4. The third-order valence-corrected chi connectivity index (χ3v) is 3.50. The van der Waals surface area contributed by atoms with E-state index >= 15 is 0 Å². The average Bonchev–Trinajstić information content (AvgIpc) is 2.81. The molecule has 1 fully saturated rings. The van der Waals surface area contributed by atoms with Crippen molar-refractivity contribution >= 4 is 17.8 Å². The first kappa shape index (κ1) is 16.8. The molecule has 1 saturated heterocycles. The summed E-state index contributed by atoms with van der Waals surface area (Å²) >= 11 is 0. The zero-order chi connectivity index (χ0) is 17.0. The van der Waals surface area contributed by atoms with Gasteiger partial charge in [-0.05, 0) is 18.1 Å². The first-order valence-electron chi connectivity index (χ1n) is 7.21. The first-order chi connectivity index (χ1) is 11.0. The van der Waals surface area contributed by atoms with Crippen LogP contribution in [-0.4, -0.2) is 46.6 Å². The van der Waals surface area contributed by atoms with Gasteiger partial charge in [0.15, 0.2) is 0 Å². The summed E-state index contributed by atoms with van der Waals surface area (Å²) in [7, 11) is 0. The van der Waals surface area contributed by atoms with Crippen molar-refractivity contribution in [1.29, 1.82) is 0 Å². The molecule has 0 bridgehead atoms. The number of benzene rings is 1. The molecule has 0 radical (unpaired) electrons. The molecule has 0 unspecified atom stereocenters. The van der Waals surface area contributed by atoms with Gasteiger partial charge in [-0.25, -0.2) is 15.2 Å². The second-order valence-corrected chi connectivity index (χ2v) is 5.50. The van der Waals surface area contributed by atoms with Gasteiger partial charge in [0.2, 0.25) is 0 Å². The van der Waals surface area contributed by atoms with Crippen LogP contribution in [0.25, 0.3) is 0 Å². The normalized spacial score (nSPS) is 18.8. The lowest BCUT2D eigenvalue weighted by Gasteiger charge is -2.26. The van der Waals surface area contributed by atoms with Gasteiger partial charge >= 0.3 is 6.03 Å². The van der Waals surface area contributed by atoms with E-state index in [1.165, 1.54) is 5.48 Å². The van der Waals surface area contributed by atoms with Gasteiger partial charge in [0, 0.05) is 0 Å². The predicted octanol–water partition coefficient (Wildman–Crippen LogP) is 0.516. The Kier molecular flexibility index (Phi) is 5.17. The lowest BCUT2D eigenvalue weighted by molar-refractivity contribution is -0.142. The highest BCUT2D eigenvalue weighted by Crippen LogP contribution is 2.18. The van der Waals surface area contributed by atoms with Crippen LogP contribution in [0.1, 0.15) is 13.8 Å². The fourth-order valence-corrected chi connectivity index (χ4v) is 2.41. The van der Waals surface area contributed by atoms with Gasteiger partial charge in [-0.2, -0.15) is 0 Å². The number of carbonyl (C=O) groups is 3. The lowest BCUT2D eigenvalue weighted by atomic mass is 10.0. The average molecular weight is 321 g/mol. The number of hydrogen-bond donors (Lipinski definition) is 3. The summed E-state index contributed by atoms with van der Waals surface area (Å²) in [6.07, 6.45) is 0. The quantitative estimate of drug-likeness (QED) is 0.402. The van der Waals surface area contributed by atoms with Crippen molar-refractivity contribution in [3.63, 3.8) is 0 Å². The summed E-state index contributed by atoms with van der Waals surface area (Å²) in [5.74, 6) is -1.16. The summed E-state index contributed by atoms with van der Waals surface area (Å²) in [6, 6.07) is 6.22. The number of nitrogens with zero attached hydrogens (tertiary/aromatic N) is 1. The molecule has 0 aliphatic carbocycles. The van der Waals surface area contributed by atoms with E-state index in [2.05, 4.69) is 5.32 Å². The summed E-state index contributed by atoms with van der Waals surface area (Å²) < 4.78 is 5.47. The van der Waals surface area contributed by atoms with Crippen LogP contribution in [0.15, 0.2) is 30.3 Å². The van der Waals surface area contributed by atoms with Crippen molar-refractivity contribution in [1.82, 2.24) is 15.7 Å². The molecule has 1 aliphatic heterocycles. The van der Waals surface area contributed by atoms with Crippen molar-refractivity contribution in [2.24, 2.45) is 5.92 Å². The zero-order valence-electron chi connectivity index (χ0n) is 12.9. The topological polar surface area (TPSA) is 108 Å². The number of urea groups is 1. The van der Waals surface area contributed by atoms with Gasteiger partial charge in [-0.1, -0.05) is 32.0 Å². The largest absolute Gasteiger partial charge is 0.491 e. The Balaban J connectivity index is 2.08. The molecule has 124 valence electrons. The molecule has 0 saturated carbocycles. The van der Waals surface area contributed by atoms with E-state index in [0.29, 0.717) is 5.75 Å². The summed E-state index contributed by atoms with van der Waals surface area (Å²) in [5.41, 5.74) is 1.49. The molecule has 1 aromatic carbocycles. The number of hydrogen-bond acceptors (Lipinski definition) is 5. The Morgan fingerprint density at radius 2 is 2.00 bits per heavy atom. The van der Waals surface area contributed by atoms with E-state index < -0.39 is 29.9 Å².